The topological polar surface area (TPSA) is 0 Å². The van der Waals surface area contributed by atoms with Crippen molar-refractivity contribution in [1.82, 2.24) is 0 Å². The highest BCUT2D eigenvalue weighted by molar-refractivity contribution is 7.87. The minimum absolute atomic E-state index is 0.491. The van der Waals surface area contributed by atoms with Gasteiger partial charge in [-0.2, -0.15) is 0 Å². The van der Waals surface area contributed by atoms with Crippen LogP contribution in [0.5, 0.6) is 0 Å². The van der Waals surface area contributed by atoms with Crippen molar-refractivity contribution < 1.29 is 0 Å². The van der Waals surface area contributed by atoms with Gasteiger partial charge in [-0.15, -0.1) is 0 Å². The molecule has 102 valence electrons. The van der Waals surface area contributed by atoms with Crippen molar-refractivity contribution in [3.63, 3.8) is 0 Å². The Hall–Kier alpha value is 3.47. The van der Waals surface area contributed by atoms with Gasteiger partial charge in [0.1, 0.15) is 0 Å². The van der Waals surface area contributed by atoms with Crippen molar-refractivity contribution in [3.05, 3.63) is 0 Å². The summed E-state index contributed by atoms with van der Waals surface area (Å²) in [5.41, 5.74) is 1.90. The van der Waals surface area contributed by atoms with E-state index < -0.39 is 0 Å². The van der Waals surface area contributed by atoms with Crippen LogP contribution in [0.2, 0.25) is 5.67 Å². The zero-order valence-corrected chi connectivity index (χ0v) is 35.1. The average Bonchev–Trinajstić information content (AvgIpc) is 3.07. The standard InChI is InChI=1S/CH10Si4.2H12Si6/c1-2-4-5-3-1;1-6-4-2-3-5-6;1-2-4-6-5-3-1/h1-5H2;6H,2-5H2,1H3;1-6H2. The molecule has 17 heavy (non-hydrogen) atoms. The second-order valence-electron chi connectivity index (χ2n) is 6.28. The summed E-state index contributed by atoms with van der Waals surface area (Å²) in [6.07, 6.45) is 0. The lowest BCUT2D eigenvalue weighted by atomic mass is 11.9. The molecule has 0 spiro atoms. The largest absolute Gasteiger partial charge is 0.0771 e. The van der Waals surface area contributed by atoms with Gasteiger partial charge in [0.15, 0.2) is 0 Å². The van der Waals surface area contributed by atoms with E-state index in [4.69, 9.17) is 0 Å². The first kappa shape index (κ1) is 18.5. The molecule has 3 aliphatic rings. The molecule has 0 atom stereocenters. The van der Waals surface area contributed by atoms with E-state index >= 15 is 0 Å². The zero-order valence-electron chi connectivity index (χ0n) is 12.2. The Morgan fingerprint density at radius 3 is 1.18 bits per heavy atom. The Labute approximate surface area is 142 Å². The summed E-state index contributed by atoms with van der Waals surface area (Å²) in [5, 5.41) is 0. The van der Waals surface area contributed by atoms with Crippen molar-refractivity contribution in [2.75, 3.05) is 0 Å². The van der Waals surface area contributed by atoms with E-state index in [0.29, 0.717) is 7.35 Å². The summed E-state index contributed by atoms with van der Waals surface area (Å²) in [7, 11) is 15.0. The Balaban J connectivity index is 0.000000128. The first-order valence-electron chi connectivity index (χ1n) is 8.39. The van der Waals surface area contributed by atoms with Crippen molar-refractivity contribution in [1.29, 1.82) is 0 Å². The van der Waals surface area contributed by atoms with Gasteiger partial charge < -0.3 is 0 Å². The highest BCUT2D eigenvalue weighted by Crippen LogP contribution is 1.77. The molecule has 0 saturated carbocycles. The van der Waals surface area contributed by atoms with Gasteiger partial charge in [0, 0.05) is 18.1 Å². The third-order valence-electron chi connectivity index (χ3n) is 4.39. The van der Waals surface area contributed by atoms with Crippen LogP contribution in [0.3, 0.4) is 0 Å². The van der Waals surface area contributed by atoms with Gasteiger partial charge in [-0.1, -0.05) is 5.67 Å². The maximum absolute atomic E-state index is 1.90. The summed E-state index contributed by atoms with van der Waals surface area (Å²) in [5.74, 6) is 0. The summed E-state index contributed by atoms with van der Waals surface area (Å²) < 4.78 is 0. The molecule has 0 aliphatic carbocycles. The van der Waals surface area contributed by atoms with Crippen LogP contribution in [0.15, 0.2) is 0 Å². The molecular formula is CH34Si16. The molecule has 0 aromatic rings. The highest BCUT2D eigenvalue weighted by Gasteiger charge is 2.11. The van der Waals surface area contributed by atoms with Gasteiger partial charge >= 0.3 is 0 Å². The van der Waals surface area contributed by atoms with Crippen molar-refractivity contribution in [3.8, 4) is 0 Å². The third kappa shape index (κ3) is 12.9. The first-order valence-corrected chi connectivity index (χ1v) is 69.5. The molecular weight excluding hydrogens is 461 g/mol. The van der Waals surface area contributed by atoms with Crippen LogP contribution in [-0.4, -0.2) is 138 Å². The molecule has 16 heteroatoms. The fourth-order valence-corrected chi connectivity index (χ4v) is 604. The van der Waals surface area contributed by atoms with Gasteiger partial charge in [0.05, 0.1) is 0 Å². The van der Waals surface area contributed by atoms with E-state index in [1.165, 1.54) is 0 Å². The van der Waals surface area contributed by atoms with Crippen LogP contribution >= 0.6 is 0 Å². The van der Waals surface area contributed by atoms with Crippen LogP contribution in [-0.2, 0) is 0 Å². The SMILES string of the molecule is C1[SiH2][SiH2][SiH2][SiH2]1.[SiH2]1[SiH2][SiH2][SiH2][SiH2][SiH2]1.[SiH3][SiH]1[SiH2][SiH2][SiH2][SiH2]1. The number of hydrogen-bond donors (Lipinski definition) is 0. The average molecular weight is 496 g/mol. The molecule has 0 aromatic heterocycles. The third-order valence-corrected chi connectivity index (χ3v) is 302. The molecule has 3 rings (SSSR count). The van der Waals surface area contributed by atoms with Gasteiger partial charge in [-0.25, -0.2) is 0 Å². The van der Waals surface area contributed by atoms with E-state index in [-0.39, 0.29) is 0 Å². The van der Waals surface area contributed by atoms with E-state index in [1.807, 2.05) is 5.67 Å². The van der Waals surface area contributed by atoms with Gasteiger partial charge in [0.2, 0.25) is 0 Å². The molecule has 0 amide bonds. The fourth-order valence-electron chi connectivity index (χ4n) is 3.07. The number of hydrogen-bond acceptors (Lipinski definition) is 0. The molecule has 0 nitrogen and oxygen atoms in total. The molecule has 3 aliphatic heterocycles. The van der Waals surface area contributed by atoms with Gasteiger partial charge in [-0.05, 0) is 120 Å². The molecule has 0 unspecified atom stereocenters. The monoisotopic (exact) mass is 494 g/mol. The predicted molar refractivity (Wildman–Crippen MR) is 142 cm³/mol. The molecule has 0 aromatic carbocycles. The predicted octanol–water partition coefficient (Wildman–Crippen LogP) is -14.2. The molecule has 3 saturated heterocycles. The molecule has 0 radical (unpaired) electrons. The molecule has 0 N–H and O–H groups in total. The van der Waals surface area contributed by atoms with E-state index in [2.05, 4.69) is 0 Å². The van der Waals surface area contributed by atoms with E-state index in [9.17, 15) is 0 Å². The Kier molecular flexibility index (Phi) is 15.7. The fraction of sp³-hybridized carbons (Fsp3) is 1.00. The van der Waals surface area contributed by atoms with Crippen LogP contribution in [0.25, 0.3) is 0 Å². The number of rotatable bonds is 0. The lowest BCUT2D eigenvalue weighted by molar-refractivity contribution is 2.11. The zero-order chi connectivity index (χ0) is 12.2. The minimum Gasteiger partial charge on any atom is -0.0771 e. The quantitative estimate of drug-likeness (QED) is 0.293. The van der Waals surface area contributed by atoms with Crippen LogP contribution < -0.4 is 0 Å². The maximum Gasteiger partial charge on any atom is 0.00116 e. The Bertz CT molecular complexity index is 122. The minimum atomic E-state index is 0.491. The summed E-state index contributed by atoms with van der Waals surface area (Å²) in [6.45, 7) is 0. The molecule has 0 bridgehead atoms. The van der Waals surface area contributed by atoms with Gasteiger partial charge in [0.25, 0.3) is 0 Å². The van der Waals surface area contributed by atoms with E-state index in [0.717, 1.165) is 121 Å². The summed E-state index contributed by atoms with van der Waals surface area (Å²) in [4.78, 5) is 0. The summed E-state index contributed by atoms with van der Waals surface area (Å²) in [6, 6.07) is 0. The van der Waals surface area contributed by atoms with Crippen molar-refractivity contribution in [2.45, 2.75) is 5.67 Å². The second kappa shape index (κ2) is 14.4. The first-order chi connectivity index (χ1) is 8.39. The van der Waals surface area contributed by atoms with Crippen LogP contribution in [0.4, 0.5) is 0 Å². The van der Waals surface area contributed by atoms with Crippen molar-refractivity contribution in [2.24, 2.45) is 0 Å². The normalized spacial score (nSPS) is 47.6. The van der Waals surface area contributed by atoms with Crippen LogP contribution in [0.1, 0.15) is 0 Å². The summed E-state index contributed by atoms with van der Waals surface area (Å²) >= 11 is 0. The lowest BCUT2D eigenvalue weighted by Crippen LogP contribution is -2.38. The van der Waals surface area contributed by atoms with Crippen molar-refractivity contribution >= 4 is 138 Å². The Morgan fingerprint density at radius 1 is 0.588 bits per heavy atom. The Morgan fingerprint density at radius 2 is 1.00 bits per heavy atom. The smallest absolute Gasteiger partial charge is 0.00116 e. The second-order valence-corrected chi connectivity index (χ2v) is 150. The van der Waals surface area contributed by atoms with Crippen LogP contribution in [0, 0.1) is 0 Å². The van der Waals surface area contributed by atoms with E-state index in [1.54, 1.807) is 9.76 Å². The highest BCUT2D eigenvalue weighted by atomic mass is 30.2. The molecule has 3 heterocycles. The van der Waals surface area contributed by atoms with Gasteiger partial charge in [-0.3, -0.25) is 0 Å². The maximum atomic E-state index is 1.90. The lowest BCUT2D eigenvalue weighted by Gasteiger charge is -2.01. The molecule has 3 fully saturated rings.